The first-order chi connectivity index (χ1) is 20.4. The molecule has 42 heavy (non-hydrogen) atoms. The average molecular weight is 575 g/mol. The molecule has 3 aromatic carbocycles. The Morgan fingerprint density at radius 1 is 0.881 bits per heavy atom. The highest BCUT2D eigenvalue weighted by molar-refractivity contribution is 6.46. The van der Waals surface area contributed by atoms with Crippen molar-refractivity contribution in [3.63, 3.8) is 0 Å². The number of rotatable bonds is 13. The Balaban J connectivity index is 1.75. The van der Waals surface area contributed by atoms with Crippen molar-refractivity contribution in [2.45, 2.75) is 26.5 Å². The Bertz CT molecular complexity index is 1390. The van der Waals surface area contributed by atoms with Gasteiger partial charge >= 0.3 is 0 Å². The molecule has 0 bridgehead atoms. The van der Waals surface area contributed by atoms with Crippen LogP contribution in [-0.2, 0) is 16.2 Å². The quantitative estimate of drug-likeness (QED) is 0.172. The number of hydrogen-bond donors (Lipinski definition) is 1. The van der Waals surface area contributed by atoms with Crippen molar-refractivity contribution in [2.24, 2.45) is 0 Å². The van der Waals surface area contributed by atoms with Gasteiger partial charge in [0.05, 0.1) is 32.9 Å². The molecule has 0 radical (unpaired) electrons. The van der Waals surface area contributed by atoms with Crippen molar-refractivity contribution in [1.82, 2.24) is 9.80 Å². The maximum Gasteiger partial charge on any atom is 0.295 e. The molecule has 1 atom stereocenters. The summed E-state index contributed by atoms with van der Waals surface area (Å²) in [7, 11) is 4.50. The van der Waals surface area contributed by atoms with Gasteiger partial charge in [-0.1, -0.05) is 44.2 Å². The minimum absolute atomic E-state index is 0.00762. The van der Waals surface area contributed by atoms with Crippen LogP contribution in [0.3, 0.4) is 0 Å². The zero-order chi connectivity index (χ0) is 30.2. The summed E-state index contributed by atoms with van der Waals surface area (Å²) in [6, 6.07) is 19.1. The summed E-state index contributed by atoms with van der Waals surface area (Å²) in [5, 5.41) is 11.5. The van der Waals surface area contributed by atoms with Gasteiger partial charge in [0, 0.05) is 18.7 Å². The summed E-state index contributed by atoms with van der Waals surface area (Å²) >= 11 is 0. The second-order valence-corrected chi connectivity index (χ2v) is 9.78. The van der Waals surface area contributed by atoms with Gasteiger partial charge in [-0.25, -0.2) is 0 Å². The van der Waals surface area contributed by atoms with Crippen LogP contribution in [0.5, 0.6) is 23.0 Å². The number of aliphatic hydroxyl groups is 1. The minimum Gasteiger partial charge on any atom is -0.507 e. The monoisotopic (exact) mass is 574 g/mol. The van der Waals surface area contributed by atoms with E-state index in [4.69, 9.17) is 18.9 Å². The normalized spacial score (nSPS) is 16.1. The number of hydrogen-bond acceptors (Lipinski definition) is 8. The Morgan fingerprint density at radius 3 is 2.05 bits per heavy atom. The molecular formula is C33H38N2O7. The molecule has 0 spiro atoms. The third-order valence-corrected chi connectivity index (χ3v) is 7.47. The molecule has 1 amide bonds. The van der Waals surface area contributed by atoms with Gasteiger partial charge in [0.25, 0.3) is 11.7 Å². The molecular weight excluding hydrogens is 536 g/mol. The first-order valence-electron chi connectivity index (χ1n) is 13.9. The van der Waals surface area contributed by atoms with E-state index in [1.807, 2.05) is 44.2 Å². The van der Waals surface area contributed by atoms with Crippen molar-refractivity contribution in [2.75, 3.05) is 47.5 Å². The summed E-state index contributed by atoms with van der Waals surface area (Å²) in [4.78, 5) is 30.6. The Hall–Kier alpha value is -4.50. The van der Waals surface area contributed by atoms with E-state index >= 15 is 0 Å². The maximum absolute atomic E-state index is 13.5. The van der Waals surface area contributed by atoms with E-state index in [1.165, 1.54) is 26.2 Å². The summed E-state index contributed by atoms with van der Waals surface area (Å²) in [5.41, 5.74) is 1.96. The molecule has 1 unspecified atom stereocenters. The fourth-order valence-electron chi connectivity index (χ4n) is 5.11. The van der Waals surface area contributed by atoms with Crippen LogP contribution in [0.4, 0.5) is 0 Å². The number of Topliss-reactive ketones (excluding diaryl/α,β-unsaturated/α-hetero) is 1. The van der Waals surface area contributed by atoms with Gasteiger partial charge in [-0.05, 0) is 60.6 Å². The van der Waals surface area contributed by atoms with E-state index in [1.54, 1.807) is 36.4 Å². The second kappa shape index (κ2) is 13.9. The highest BCUT2D eigenvalue weighted by Crippen LogP contribution is 2.45. The number of methoxy groups -OCH3 is 3. The van der Waals surface area contributed by atoms with E-state index in [2.05, 4.69) is 4.90 Å². The molecule has 222 valence electrons. The third kappa shape index (κ3) is 6.36. The molecule has 0 saturated carbocycles. The zero-order valence-corrected chi connectivity index (χ0v) is 24.8. The van der Waals surface area contributed by atoms with E-state index in [0.717, 1.165) is 18.7 Å². The molecule has 0 aromatic heterocycles. The molecule has 4 rings (SSSR count). The van der Waals surface area contributed by atoms with Crippen LogP contribution in [0.2, 0.25) is 0 Å². The van der Waals surface area contributed by atoms with Crippen LogP contribution in [0.1, 0.15) is 36.6 Å². The minimum atomic E-state index is -0.872. The van der Waals surface area contributed by atoms with Crippen LogP contribution >= 0.6 is 0 Å². The lowest BCUT2D eigenvalue weighted by Gasteiger charge is -2.29. The van der Waals surface area contributed by atoms with Gasteiger partial charge in [-0.15, -0.1) is 0 Å². The second-order valence-electron chi connectivity index (χ2n) is 9.78. The van der Waals surface area contributed by atoms with Gasteiger partial charge in [-0.2, -0.15) is 0 Å². The van der Waals surface area contributed by atoms with E-state index in [0.29, 0.717) is 47.3 Å². The predicted octanol–water partition coefficient (Wildman–Crippen LogP) is 5.05. The summed E-state index contributed by atoms with van der Waals surface area (Å²) < 4.78 is 22.5. The van der Waals surface area contributed by atoms with Gasteiger partial charge in [0.1, 0.15) is 18.1 Å². The summed E-state index contributed by atoms with van der Waals surface area (Å²) in [5.74, 6) is 0.0425. The molecule has 9 heteroatoms. The molecule has 1 aliphatic heterocycles. The van der Waals surface area contributed by atoms with Crippen molar-refractivity contribution in [1.29, 1.82) is 0 Å². The van der Waals surface area contributed by atoms with Gasteiger partial charge in [-0.3, -0.25) is 9.59 Å². The first-order valence-corrected chi connectivity index (χ1v) is 13.9. The lowest BCUT2D eigenvalue weighted by atomic mass is 9.94. The summed E-state index contributed by atoms with van der Waals surface area (Å²) in [6.07, 6.45) is 0. The number of carbonyl (C=O) groups is 2. The Kier molecular flexibility index (Phi) is 10.1. The highest BCUT2D eigenvalue weighted by atomic mass is 16.5. The smallest absolute Gasteiger partial charge is 0.295 e. The number of likely N-dealkylation sites (N-methyl/N-ethyl adjacent to an activating group) is 1. The lowest BCUT2D eigenvalue weighted by Crippen LogP contribution is -2.38. The van der Waals surface area contributed by atoms with Crippen LogP contribution in [-0.4, -0.2) is 74.1 Å². The van der Waals surface area contributed by atoms with E-state index in [9.17, 15) is 14.7 Å². The Labute approximate surface area is 246 Å². The highest BCUT2D eigenvalue weighted by Gasteiger charge is 2.46. The first kappa shape index (κ1) is 30.5. The maximum atomic E-state index is 13.5. The van der Waals surface area contributed by atoms with Gasteiger partial charge in [0.2, 0.25) is 5.75 Å². The van der Waals surface area contributed by atoms with E-state index < -0.39 is 17.7 Å². The Morgan fingerprint density at radius 2 is 1.50 bits per heavy atom. The predicted molar refractivity (Wildman–Crippen MR) is 160 cm³/mol. The molecule has 1 N–H and O–H groups in total. The van der Waals surface area contributed by atoms with Crippen LogP contribution in [0.25, 0.3) is 5.76 Å². The largest absolute Gasteiger partial charge is 0.507 e. The topological polar surface area (TPSA) is 97.8 Å². The molecule has 1 aliphatic rings. The number of amides is 1. The zero-order valence-electron chi connectivity index (χ0n) is 24.8. The molecule has 9 nitrogen and oxygen atoms in total. The fourth-order valence-corrected chi connectivity index (χ4v) is 5.11. The molecule has 0 aliphatic carbocycles. The summed E-state index contributed by atoms with van der Waals surface area (Å²) in [6.45, 7) is 6.93. The van der Waals surface area contributed by atoms with Crippen LogP contribution in [0, 0.1) is 0 Å². The number of likely N-dealkylation sites (tertiary alicyclic amines) is 1. The van der Waals surface area contributed by atoms with Crippen LogP contribution in [0.15, 0.2) is 72.3 Å². The van der Waals surface area contributed by atoms with Gasteiger partial charge < -0.3 is 33.9 Å². The van der Waals surface area contributed by atoms with Crippen LogP contribution < -0.4 is 18.9 Å². The van der Waals surface area contributed by atoms with Crippen molar-refractivity contribution < 1.29 is 33.6 Å². The van der Waals surface area contributed by atoms with Crippen molar-refractivity contribution in [3.05, 3.63) is 89.0 Å². The van der Waals surface area contributed by atoms with Crippen molar-refractivity contribution >= 4 is 17.4 Å². The molecule has 1 fully saturated rings. The number of ether oxygens (including phenoxy) is 4. The molecule has 1 saturated heterocycles. The van der Waals surface area contributed by atoms with Crippen molar-refractivity contribution in [3.8, 4) is 23.0 Å². The van der Waals surface area contributed by atoms with Gasteiger partial charge in [0.15, 0.2) is 11.5 Å². The average Bonchev–Trinajstić information content (AvgIpc) is 3.29. The number of ketones is 1. The standard InChI is InChI=1S/C33H38N2O7/c1-6-34(7-2)17-18-35-29(24-19-26(39-3)32(41-5)27(20-24)40-4)28(31(37)33(35)38)30(36)23-13-15-25(16-14-23)42-21-22-11-9-8-10-12-22/h8-16,19-20,29,36H,6-7,17-18,21H2,1-5H3/b30-28+. The number of aliphatic hydroxyl groups excluding tert-OH is 1. The number of nitrogens with zero attached hydrogens (tertiary/aromatic N) is 2. The van der Waals surface area contributed by atoms with E-state index in [-0.39, 0.29) is 17.9 Å². The lowest BCUT2D eigenvalue weighted by molar-refractivity contribution is -0.140. The number of benzene rings is 3. The molecule has 1 heterocycles. The fraction of sp³-hybridized carbons (Fsp3) is 0.333. The third-order valence-electron chi connectivity index (χ3n) is 7.47. The molecule has 3 aromatic rings. The number of carbonyl (C=O) groups excluding carboxylic acids is 2. The SMILES string of the molecule is CCN(CC)CCN1C(=O)C(=O)/C(=C(/O)c2ccc(OCc3ccccc3)cc2)C1c1cc(OC)c(OC)c(OC)c1.